The molecular weight excluding hydrogens is 328 g/mol. The number of nitrogens with one attached hydrogen (secondary N) is 1. The highest BCUT2D eigenvalue weighted by Gasteiger charge is 2.25. The average molecular weight is 345 g/mol. The Morgan fingerprint density at radius 3 is 2.88 bits per heavy atom. The van der Waals surface area contributed by atoms with E-state index in [4.69, 9.17) is 11.6 Å². The van der Waals surface area contributed by atoms with Gasteiger partial charge in [-0.1, -0.05) is 11.6 Å². The van der Waals surface area contributed by atoms with Gasteiger partial charge in [0.2, 0.25) is 0 Å². The van der Waals surface area contributed by atoms with E-state index < -0.39 is 5.60 Å². The third-order valence-corrected chi connectivity index (χ3v) is 4.05. The number of fused-ring (bicyclic) bond motifs is 1. The zero-order valence-corrected chi connectivity index (χ0v) is 14.1. The lowest BCUT2D eigenvalue weighted by atomic mass is 9.99. The fourth-order valence-corrected chi connectivity index (χ4v) is 2.55. The second-order valence-corrected chi connectivity index (χ2v) is 6.29. The van der Waals surface area contributed by atoms with Crippen LogP contribution in [0.3, 0.4) is 0 Å². The Kier molecular flexibility index (Phi) is 4.26. The lowest BCUT2D eigenvalue weighted by Crippen LogP contribution is -2.38. The van der Waals surface area contributed by atoms with Gasteiger partial charge in [0, 0.05) is 29.8 Å². The van der Waals surface area contributed by atoms with Crippen molar-refractivity contribution in [3.8, 4) is 0 Å². The Balaban J connectivity index is 1.74. The second kappa shape index (κ2) is 6.22. The van der Waals surface area contributed by atoms with Gasteiger partial charge in [-0.15, -0.1) is 0 Å². The number of halogens is 1. The van der Waals surface area contributed by atoms with Crippen LogP contribution >= 0.6 is 11.6 Å². The molecule has 2 heterocycles. The van der Waals surface area contributed by atoms with E-state index >= 15 is 0 Å². The molecule has 2 N–H and O–H groups in total. The zero-order valence-electron chi connectivity index (χ0n) is 13.3. The monoisotopic (exact) mass is 344 g/mol. The molecule has 0 saturated carbocycles. The van der Waals surface area contributed by atoms with E-state index in [0.717, 1.165) is 10.9 Å². The van der Waals surface area contributed by atoms with Crippen molar-refractivity contribution >= 4 is 28.4 Å². The minimum absolute atomic E-state index is 0.0778. The molecule has 2 aromatic heterocycles. The fourth-order valence-electron chi connectivity index (χ4n) is 2.40. The van der Waals surface area contributed by atoms with Crippen LogP contribution in [-0.2, 0) is 12.6 Å². The van der Waals surface area contributed by atoms with E-state index in [-0.39, 0.29) is 12.5 Å². The summed E-state index contributed by atoms with van der Waals surface area (Å²) in [6, 6.07) is 8.66. The van der Waals surface area contributed by atoms with Crippen molar-refractivity contribution in [3.63, 3.8) is 0 Å². The molecule has 0 aliphatic rings. The average Bonchev–Trinajstić information content (AvgIpc) is 2.99. The molecule has 124 valence electrons. The molecule has 0 aliphatic carbocycles. The minimum Gasteiger partial charge on any atom is -0.383 e. The van der Waals surface area contributed by atoms with Crippen molar-refractivity contribution in [1.82, 2.24) is 20.1 Å². The predicted octanol–water partition coefficient (Wildman–Crippen LogP) is 2.26. The maximum absolute atomic E-state index is 12.3. The SMILES string of the molecule is Cn1cc(C(C)(O)CNC(=O)c2ccc3nc(Cl)ccc3c2)cn1. The van der Waals surface area contributed by atoms with Crippen molar-refractivity contribution in [3.05, 3.63) is 59.0 Å². The number of rotatable bonds is 4. The van der Waals surface area contributed by atoms with E-state index in [1.807, 2.05) is 6.07 Å². The standard InChI is InChI=1S/C17H17ClN4O2/c1-17(24,13-8-20-22(2)9-13)10-19-16(23)12-3-5-14-11(7-12)4-6-15(18)21-14/h3-9,24H,10H2,1-2H3,(H,19,23). The van der Waals surface area contributed by atoms with Crippen LogP contribution in [0, 0.1) is 0 Å². The summed E-state index contributed by atoms with van der Waals surface area (Å²) in [6.45, 7) is 1.71. The van der Waals surface area contributed by atoms with Crippen LogP contribution in [-0.4, -0.2) is 32.3 Å². The first-order valence-corrected chi connectivity index (χ1v) is 7.79. The molecule has 0 saturated heterocycles. The van der Waals surface area contributed by atoms with Gasteiger partial charge in [0.15, 0.2) is 0 Å². The molecule has 7 heteroatoms. The minimum atomic E-state index is -1.20. The van der Waals surface area contributed by atoms with Crippen LogP contribution in [0.5, 0.6) is 0 Å². The van der Waals surface area contributed by atoms with Crippen molar-refractivity contribution in [2.45, 2.75) is 12.5 Å². The van der Waals surface area contributed by atoms with Crippen LogP contribution in [0.25, 0.3) is 10.9 Å². The lowest BCUT2D eigenvalue weighted by Gasteiger charge is -2.22. The van der Waals surface area contributed by atoms with E-state index in [1.165, 1.54) is 0 Å². The molecule has 0 aliphatic heterocycles. The molecule has 1 unspecified atom stereocenters. The number of carbonyl (C=O) groups excluding carboxylic acids is 1. The van der Waals surface area contributed by atoms with Crippen molar-refractivity contribution in [1.29, 1.82) is 0 Å². The van der Waals surface area contributed by atoms with Gasteiger partial charge in [0.05, 0.1) is 18.3 Å². The largest absolute Gasteiger partial charge is 0.383 e. The van der Waals surface area contributed by atoms with E-state index in [9.17, 15) is 9.90 Å². The molecule has 0 fully saturated rings. The van der Waals surface area contributed by atoms with Crippen LogP contribution in [0.4, 0.5) is 0 Å². The molecule has 0 radical (unpaired) electrons. The highest BCUT2D eigenvalue weighted by Crippen LogP contribution is 2.20. The van der Waals surface area contributed by atoms with Crippen LogP contribution < -0.4 is 5.32 Å². The van der Waals surface area contributed by atoms with E-state index in [1.54, 1.807) is 55.3 Å². The Morgan fingerprint density at radius 1 is 1.38 bits per heavy atom. The summed E-state index contributed by atoms with van der Waals surface area (Å²) in [5.74, 6) is -0.268. The van der Waals surface area contributed by atoms with Gasteiger partial charge in [-0.05, 0) is 37.3 Å². The van der Waals surface area contributed by atoms with Gasteiger partial charge in [0.1, 0.15) is 10.8 Å². The Labute approximate surface area is 144 Å². The first kappa shape index (κ1) is 16.4. The maximum atomic E-state index is 12.3. The highest BCUT2D eigenvalue weighted by atomic mass is 35.5. The van der Waals surface area contributed by atoms with Crippen molar-refractivity contribution < 1.29 is 9.90 Å². The van der Waals surface area contributed by atoms with Crippen molar-refractivity contribution in [2.75, 3.05) is 6.54 Å². The predicted molar refractivity (Wildman–Crippen MR) is 91.9 cm³/mol. The first-order valence-electron chi connectivity index (χ1n) is 7.41. The second-order valence-electron chi connectivity index (χ2n) is 5.90. The highest BCUT2D eigenvalue weighted by molar-refractivity contribution is 6.29. The molecule has 3 aromatic rings. The Hall–Kier alpha value is -2.44. The lowest BCUT2D eigenvalue weighted by molar-refractivity contribution is 0.0526. The van der Waals surface area contributed by atoms with E-state index in [0.29, 0.717) is 16.3 Å². The topological polar surface area (TPSA) is 80.0 Å². The first-order chi connectivity index (χ1) is 11.3. The van der Waals surface area contributed by atoms with Gasteiger partial charge in [0.25, 0.3) is 5.91 Å². The number of aromatic nitrogens is 3. The number of aryl methyl sites for hydroxylation is 1. The summed E-state index contributed by atoms with van der Waals surface area (Å²) in [4.78, 5) is 16.5. The molecule has 6 nitrogen and oxygen atoms in total. The number of amides is 1. The molecule has 1 amide bonds. The van der Waals surface area contributed by atoms with Crippen LogP contribution in [0.1, 0.15) is 22.8 Å². The molecule has 0 spiro atoms. The Morgan fingerprint density at radius 2 is 2.17 bits per heavy atom. The number of pyridine rings is 1. The molecule has 1 aromatic carbocycles. The summed E-state index contributed by atoms with van der Waals surface area (Å²) in [6.07, 6.45) is 3.30. The van der Waals surface area contributed by atoms with Gasteiger partial charge in [-0.3, -0.25) is 9.48 Å². The van der Waals surface area contributed by atoms with Gasteiger partial charge in [-0.2, -0.15) is 5.10 Å². The third-order valence-electron chi connectivity index (χ3n) is 3.84. The number of hydrogen-bond donors (Lipinski definition) is 2. The molecule has 3 rings (SSSR count). The maximum Gasteiger partial charge on any atom is 0.251 e. The van der Waals surface area contributed by atoms with Crippen LogP contribution in [0.2, 0.25) is 5.15 Å². The van der Waals surface area contributed by atoms with Gasteiger partial charge in [-0.25, -0.2) is 4.98 Å². The third kappa shape index (κ3) is 3.39. The number of benzene rings is 1. The van der Waals surface area contributed by atoms with Crippen LogP contribution in [0.15, 0.2) is 42.7 Å². The fraction of sp³-hybridized carbons (Fsp3) is 0.235. The molecule has 1 atom stereocenters. The summed E-state index contributed by atoms with van der Waals surface area (Å²) in [5, 5.41) is 18.5. The Bertz CT molecular complexity index is 904. The summed E-state index contributed by atoms with van der Waals surface area (Å²) >= 11 is 5.86. The normalized spacial score (nSPS) is 13.7. The van der Waals surface area contributed by atoms with Gasteiger partial charge < -0.3 is 10.4 Å². The number of nitrogens with zero attached hydrogens (tertiary/aromatic N) is 3. The zero-order chi connectivity index (χ0) is 17.3. The number of carbonyl (C=O) groups is 1. The summed E-state index contributed by atoms with van der Waals surface area (Å²) in [5.41, 5.74) is 0.660. The molecule has 0 bridgehead atoms. The van der Waals surface area contributed by atoms with Crippen molar-refractivity contribution in [2.24, 2.45) is 7.05 Å². The van der Waals surface area contributed by atoms with Gasteiger partial charge >= 0.3 is 0 Å². The molecular formula is C17H17ClN4O2. The molecule has 24 heavy (non-hydrogen) atoms. The summed E-state index contributed by atoms with van der Waals surface area (Å²) < 4.78 is 1.60. The number of aliphatic hydroxyl groups is 1. The number of hydrogen-bond acceptors (Lipinski definition) is 4. The van der Waals surface area contributed by atoms with E-state index in [2.05, 4.69) is 15.4 Å². The smallest absolute Gasteiger partial charge is 0.251 e. The summed E-state index contributed by atoms with van der Waals surface area (Å²) in [7, 11) is 1.77. The quantitative estimate of drug-likeness (QED) is 0.711.